The van der Waals surface area contributed by atoms with Crippen LogP contribution in [0, 0.1) is 5.41 Å². The topological polar surface area (TPSA) is 29.1 Å². The van der Waals surface area contributed by atoms with Crippen molar-refractivity contribution in [1.82, 2.24) is 5.32 Å². The first kappa shape index (κ1) is 15.0. The zero-order chi connectivity index (χ0) is 14.3. The number of hydrogen-bond donors (Lipinski definition) is 1. The number of benzene rings is 1. The Hall–Kier alpha value is -0.380. The number of nitrogens with one attached hydrogen (secondary N) is 1. The summed E-state index contributed by atoms with van der Waals surface area (Å²) >= 11 is 13.7. The van der Waals surface area contributed by atoms with Crippen molar-refractivity contribution in [3.63, 3.8) is 0 Å². The Morgan fingerprint density at radius 3 is 2.32 bits per heavy atom. The molecule has 2 atom stereocenters. The second-order valence-electron chi connectivity index (χ2n) is 5.18. The summed E-state index contributed by atoms with van der Waals surface area (Å²) in [4.78, 5) is 13.4. The molecule has 1 aliphatic carbocycles. The van der Waals surface area contributed by atoms with E-state index in [0.717, 1.165) is 5.56 Å². The molecule has 1 saturated carbocycles. The van der Waals surface area contributed by atoms with Crippen LogP contribution in [0.2, 0.25) is 0 Å². The predicted octanol–water partition coefficient (Wildman–Crippen LogP) is 4.17. The summed E-state index contributed by atoms with van der Waals surface area (Å²) < 4.78 is -0.917. The quantitative estimate of drug-likeness (QED) is 0.667. The minimum atomic E-state index is -0.917. The fraction of sp³-hybridized carbons (Fsp3) is 0.500. The van der Waals surface area contributed by atoms with Crippen molar-refractivity contribution in [2.45, 2.75) is 35.5 Å². The molecular weight excluding hydrogens is 301 g/mol. The third-order valence-corrected chi connectivity index (χ3v) is 5.57. The van der Waals surface area contributed by atoms with Crippen molar-refractivity contribution in [1.29, 1.82) is 0 Å². The molecule has 0 spiro atoms. The molecule has 0 saturated heterocycles. The molecule has 0 aromatic heterocycles. The van der Waals surface area contributed by atoms with Gasteiger partial charge in [0, 0.05) is 4.90 Å². The monoisotopic (exact) mass is 317 g/mol. The Labute approximate surface area is 128 Å². The third kappa shape index (κ3) is 2.88. The Morgan fingerprint density at radius 2 is 1.89 bits per heavy atom. The van der Waals surface area contributed by atoms with Gasteiger partial charge in [0.05, 0.1) is 11.5 Å². The van der Waals surface area contributed by atoms with Gasteiger partial charge in [-0.25, -0.2) is 0 Å². The lowest BCUT2D eigenvalue weighted by molar-refractivity contribution is -0.126. The van der Waals surface area contributed by atoms with Crippen LogP contribution < -0.4 is 5.32 Å². The second kappa shape index (κ2) is 5.19. The fourth-order valence-electron chi connectivity index (χ4n) is 1.98. The van der Waals surface area contributed by atoms with E-state index >= 15 is 0 Å². The van der Waals surface area contributed by atoms with Gasteiger partial charge in [0.15, 0.2) is 0 Å². The first-order valence-corrected chi connectivity index (χ1v) is 8.11. The molecule has 0 aliphatic heterocycles. The summed E-state index contributed by atoms with van der Waals surface area (Å²) in [5.74, 6) is -0.0843. The molecule has 1 N–H and O–H groups in total. The maximum atomic E-state index is 12.2. The summed E-state index contributed by atoms with van der Waals surface area (Å²) in [5, 5.41) is 2.98. The van der Waals surface area contributed by atoms with Gasteiger partial charge in [0.2, 0.25) is 5.91 Å². The molecule has 19 heavy (non-hydrogen) atoms. The molecule has 1 fully saturated rings. The maximum absolute atomic E-state index is 12.2. The van der Waals surface area contributed by atoms with E-state index in [-0.39, 0.29) is 11.9 Å². The molecule has 104 valence electrons. The van der Waals surface area contributed by atoms with Crippen molar-refractivity contribution in [2.24, 2.45) is 5.41 Å². The average Bonchev–Trinajstić information content (AvgIpc) is 2.90. The Bertz CT molecular complexity index is 489. The number of carbonyl (C=O) groups excluding carboxylic acids is 1. The van der Waals surface area contributed by atoms with Crippen LogP contribution >= 0.6 is 35.0 Å². The molecule has 0 radical (unpaired) electrons. The van der Waals surface area contributed by atoms with Crippen molar-refractivity contribution in [2.75, 3.05) is 6.26 Å². The second-order valence-corrected chi connectivity index (χ2v) is 7.55. The lowest BCUT2D eigenvalue weighted by atomic mass is 10.1. The van der Waals surface area contributed by atoms with Crippen LogP contribution in [-0.4, -0.2) is 16.5 Å². The predicted molar refractivity (Wildman–Crippen MR) is 81.9 cm³/mol. The molecule has 2 rings (SSSR count). The van der Waals surface area contributed by atoms with Crippen molar-refractivity contribution in [3.8, 4) is 0 Å². The lowest BCUT2D eigenvalue weighted by Crippen LogP contribution is -2.35. The fourth-order valence-corrected chi connectivity index (χ4v) is 3.09. The van der Waals surface area contributed by atoms with Crippen LogP contribution in [0.4, 0.5) is 0 Å². The average molecular weight is 318 g/mol. The van der Waals surface area contributed by atoms with Gasteiger partial charge in [-0.2, -0.15) is 0 Å². The molecule has 5 heteroatoms. The Morgan fingerprint density at radius 1 is 1.37 bits per heavy atom. The van der Waals surface area contributed by atoms with Gasteiger partial charge >= 0.3 is 0 Å². The zero-order valence-electron chi connectivity index (χ0n) is 11.2. The minimum Gasteiger partial charge on any atom is -0.349 e. The van der Waals surface area contributed by atoms with Gasteiger partial charge in [0.1, 0.15) is 4.33 Å². The Kier molecular flexibility index (Phi) is 4.10. The molecule has 0 unspecified atom stereocenters. The Balaban J connectivity index is 2.01. The van der Waals surface area contributed by atoms with E-state index in [4.69, 9.17) is 23.2 Å². The van der Waals surface area contributed by atoms with Crippen LogP contribution in [0.25, 0.3) is 0 Å². The summed E-state index contributed by atoms with van der Waals surface area (Å²) in [6.45, 7) is 3.76. The largest absolute Gasteiger partial charge is 0.349 e. The smallest absolute Gasteiger partial charge is 0.229 e. The highest BCUT2D eigenvalue weighted by molar-refractivity contribution is 7.98. The summed E-state index contributed by atoms with van der Waals surface area (Å²) in [5.41, 5.74) is 0.411. The highest BCUT2D eigenvalue weighted by atomic mass is 35.5. The summed E-state index contributed by atoms with van der Waals surface area (Å²) in [6, 6.07) is 8.11. The number of halogens is 2. The van der Waals surface area contributed by atoms with Gasteiger partial charge in [-0.3, -0.25) is 4.79 Å². The highest BCUT2D eigenvalue weighted by Crippen LogP contribution is 2.63. The van der Waals surface area contributed by atoms with E-state index in [0.29, 0.717) is 6.42 Å². The molecule has 2 nitrogen and oxygen atoms in total. The van der Waals surface area contributed by atoms with Gasteiger partial charge in [0.25, 0.3) is 0 Å². The minimum absolute atomic E-state index is 0.0510. The SMILES string of the molecule is CSc1ccc([C@@H](C)NC(=O)[C@]2(C)CC2(Cl)Cl)cc1. The molecule has 1 aromatic carbocycles. The standard InChI is InChI=1S/C14H17Cl2NOS/c1-9(10-4-6-11(19-3)7-5-10)17-12(18)13(2)8-14(13,15)16/h4-7,9H,8H2,1-3H3,(H,17,18)/t9-,13+/m1/s1. The highest BCUT2D eigenvalue weighted by Gasteiger charge is 2.67. The molecule has 0 heterocycles. The maximum Gasteiger partial charge on any atom is 0.229 e. The van der Waals surface area contributed by atoms with Crippen LogP contribution in [0.3, 0.4) is 0 Å². The molecule has 1 aliphatic rings. The zero-order valence-corrected chi connectivity index (χ0v) is 13.5. The first-order chi connectivity index (χ1) is 8.80. The molecule has 0 bridgehead atoms. The van der Waals surface area contributed by atoms with Gasteiger partial charge < -0.3 is 5.32 Å². The van der Waals surface area contributed by atoms with Gasteiger partial charge in [-0.05, 0) is 44.2 Å². The van der Waals surface area contributed by atoms with Gasteiger partial charge in [-0.15, -0.1) is 35.0 Å². The molecule has 1 amide bonds. The van der Waals surface area contributed by atoms with E-state index in [1.807, 2.05) is 25.3 Å². The first-order valence-electron chi connectivity index (χ1n) is 6.13. The van der Waals surface area contributed by atoms with Crippen LogP contribution in [0.5, 0.6) is 0 Å². The van der Waals surface area contributed by atoms with Crippen molar-refractivity contribution in [3.05, 3.63) is 29.8 Å². The third-order valence-electron chi connectivity index (χ3n) is 3.72. The summed E-state index contributed by atoms with van der Waals surface area (Å²) in [6.07, 6.45) is 2.54. The van der Waals surface area contributed by atoms with E-state index in [2.05, 4.69) is 17.4 Å². The number of carbonyl (C=O) groups is 1. The van der Waals surface area contributed by atoms with Crippen LogP contribution in [0.15, 0.2) is 29.2 Å². The number of alkyl halides is 2. The van der Waals surface area contributed by atoms with E-state index < -0.39 is 9.75 Å². The van der Waals surface area contributed by atoms with E-state index in [1.54, 1.807) is 18.7 Å². The van der Waals surface area contributed by atoms with Crippen molar-refractivity contribution >= 4 is 40.9 Å². The number of rotatable bonds is 4. The molecular formula is C14H17Cl2NOS. The number of hydrogen-bond acceptors (Lipinski definition) is 2. The molecule has 1 aromatic rings. The summed E-state index contributed by atoms with van der Waals surface area (Å²) in [7, 11) is 0. The van der Waals surface area contributed by atoms with Crippen molar-refractivity contribution < 1.29 is 4.79 Å². The van der Waals surface area contributed by atoms with E-state index in [1.165, 1.54) is 4.90 Å². The van der Waals surface area contributed by atoms with E-state index in [9.17, 15) is 4.79 Å². The lowest BCUT2D eigenvalue weighted by Gasteiger charge is -2.18. The normalized spacial score (nSPS) is 25.7. The van der Waals surface area contributed by atoms with Crippen LogP contribution in [0.1, 0.15) is 31.9 Å². The van der Waals surface area contributed by atoms with Crippen LogP contribution in [-0.2, 0) is 4.79 Å². The number of thioether (sulfide) groups is 1. The van der Waals surface area contributed by atoms with Gasteiger partial charge in [-0.1, -0.05) is 12.1 Å². The number of amides is 1.